The third-order valence-corrected chi connectivity index (χ3v) is 4.89. The summed E-state index contributed by atoms with van der Waals surface area (Å²) in [6.07, 6.45) is 0.403. The number of benzene rings is 1. The largest absolute Gasteiger partial charge is 0.490 e. The molecular formula is C20H20N2O7. The van der Waals surface area contributed by atoms with Gasteiger partial charge in [-0.1, -0.05) is 12.1 Å². The number of carbonyl (C=O) groups is 2. The van der Waals surface area contributed by atoms with Gasteiger partial charge in [-0.15, -0.1) is 0 Å². The molecule has 0 saturated carbocycles. The van der Waals surface area contributed by atoms with E-state index in [1.54, 1.807) is 21.9 Å². The Morgan fingerprint density at radius 2 is 1.76 bits per heavy atom. The quantitative estimate of drug-likeness (QED) is 0.751. The lowest BCUT2D eigenvalue weighted by Gasteiger charge is -2.36. The molecule has 0 aliphatic carbocycles. The molecule has 1 aromatic carbocycles. The summed E-state index contributed by atoms with van der Waals surface area (Å²) in [5, 5.41) is 0. The van der Waals surface area contributed by atoms with Gasteiger partial charge in [-0.2, -0.15) is 0 Å². The Labute approximate surface area is 166 Å². The average molecular weight is 400 g/mol. The second-order valence-corrected chi connectivity index (χ2v) is 6.66. The Hall–Kier alpha value is -3.49. The van der Waals surface area contributed by atoms with E-state index in [1.807, 2.05) is 12.1 Å². The smallest absolute Gasteiger partial charge is 0.289 e. The summed E-state index contributed by atoms with van der Waals surface area (Å²) in [7, 11) is 1.35. The van der Waals surface area contributed by atoms with E-state index in [-0.39, 0.29) is 24.0 Å². The summed E-state index contributed by atoms with van der Waals surface area (Å²) in [5.74, 6) is 0.559. The number of amides is 2. The molecule has 1 aromatic heterocycles. The summed E-state index contributed by atoms with van der Waals surface area (Å²) in [4.78, 5) is 40.4. The molecule has 9 heteroatoms. The lowest BCUT2D eigenvalue weighted by atomic mass is 10.2. The van der Waals surface area contributed by atoms with Crippen LogP contribution in [-0.2, 0) is 4.79 Å². The van der Waals surface area contributed by atoms with Gasteiger partial charge in [0.2, 0.25) is 17.3 Å². The van der Waals surface area contributed by atoms with Gasteiger partial charge in [-0.05, 0) is 12.1 Å². The van der Waals surface area contributed by atoms with Crippen LogP contribution in [0.5, 0.6) is 17.2 Å². The maximum Gasteiger partial charge on any atom is 0.289 e. The van der Waals surface area contributed by atoms with Crippen LogP contribution in [0.25, 0.3) is 0 Å². The van der Waals surface area contributed by atoms with Crippen LogP contribution in [0.1, 0.15) is 10.6 Å². The fraction of sp³-hybridized carbons (Fsp3) is 0.350. The number of hydrogen-bond acceptors (Lipinski definition) is 7. The zero-order valence-corrected chi connectivity index (χ0v) is 15.8. The molecule has 0 bridgehead atoms. The first-order valence-corrected chi connectivity index (χ1v) is 9.20. The zero-order chi connectivity index (χ0) is 20.4. The van der Waals surface area contributed by atoms with Gasteiger partial charge in [-0.3, -0.25) is 14.4 Å². The van der Waals surface area contributed by atoms with Gasteiger partial charge in [0.15, 0.2) is 17.3 Å². The van der Waals surface area contributed by atoms with E-state index >= 15 is 0 Å². The molecular weight excluding hydrogens is 380 g/mol. The summed E-state index contributed by atoms with van der Waals surface area (Å²) in [6, 6.07) is 8.32. The summed E-state index contributed by atoms with van der Waals surface area (Å²) < 4.78 is 21.4. The fourth-order valence-electron chi connectivity index (χ4n) is 3.29. The molecule has 1 fully saturated rings. The molecule has 9 nitrogen and oxygen atoms in total. The van der Waals surface area contributed by atoms with Crippen molar-refractivity contribution in [3.05, 3.63) is 52.6 Å². The Kier molecular flexibility index (Phi) is 5.11. The van der Waals surface area contributed by atoms with Crippen molar-refractivity contribution >= 4 is 11.8 Å². The van der Waals surface area contributed by atoms with E-state index < -0.39 is 17.4 Å². The Morgan fingerprint density at radius 3 is 2.45 bits per heavy atom. The number of carbonyl (C=O) groups excluding carboxylic acids is 2. The minimum absolute atomic E-state index is 0.0354. The number of ether oxygens (including phenoxy) is 3. The van der Waals surface area contributed by atoms with Crippen LogP contribution >= 0.6 is 0 Å². The van der Waals surface area contributed by atoms with Crippen molar-refractivity contribution in [2.45, 2.75) is 6.10 Å². The van der Waals surface area contributed by atoms with Crippen molar-refractivity contribution in [3.63, 3.8) is 0 Å². The topological polar surface area (TPSA) is 98.5 Å². The van der Waals surface area contributed by atoms with Gasteiger partial charge >= 0.3 is 0 Å². The number of fused-ring (bicyclic) bond motifs is 1. The fourth-order valence-corrected chi connectivity index (χ4v) is 3.29. The SMILES string of the molecule is COc1coc(C(=O)N2CCN(C(=O)[C@@H]3COc4ccccc4O3)CC2)cc1=O. The van der Waals surface area contributed by atoms with Crippen molar-refractivity contribution in [2.75, 3.05) is 39.9 Å². The number of piperazine rings is 1. The molecule has 0 spiro atoms. The Morgan fingerprint density at radius 1 is 1.07 bits per heavy atom. The molecule has 4 rings (SSSR count). The van der Waals surface area contributed by atoms with Crippen LogP contribution in [-0.4, -0.2) is 67.6 Å². The van der Waals surface area contributed by atoms with Crippen LogP contribution in [0.15, 0.2) is 45.8 Å². The van der Waals surface area contributed by atoms with E-state index in [4.69, 9.17) is 18.6 Å². The van der Waals surface area contributed by atoms with Crippen LogP contribution < -0.4 is 19.6 Å². The van der Waals surface area contributed by atoms with Crippen LogP contribution in [0.2, 0.25) is 0 Å². The van der Waals surface area contributed by atoms with Crippen molar-refractivity contribution < 1.29 is 28.2 Å². The predicted octanol–water partition coefficient (Wildman–Crippen LogP) is 0.773. The third-order valence-electron chi connectivity index (χ3n) is 4.89. The maximum atomic E-state index is 12.8. The zero-order valence-electron chi connectivity index (χ0n) is 15.8. The first kappa shape index (κ1) is 18.9. The summed E-state index contributed by atoms with van der Waals surface area (Å²) in [6.45, 7) is 1.50. The van der Waals surface area contributed by atoms with Crippen molar-refractivity contribution in [1.82, 2.24) is 9.80 Å². The number of hydrogen-bond donors (Lipinski definition) is 0. The molecule has 0 N–H and O–H groups in total. The number of nitrogens with zero attached hydrogens (tertiary/aromatic N) is 2. The second kappa shape index (κ2) is 7.86. The molecule has 2 aliphatic heterocycles. The third kappa shape index (κ3) is 3.75. The molecule has 0 radical (unpaired) electrons. The molecule has 1 saturated heterocycles. The summed E-state index contributed by atoms with van der Waals surface area (Å²) in [5.41, 5.74) is -0.425. The predicted molar refractivity (Wildman–Crippen MR) is 100 cm³/mol. The van der Waals surface area contributed by atoms with Crippen molar-refractivity contribution in [1.29, 1.82) is 0 Å². The molecule has 1 atom stereocenters. The highest BCUT2D eigenvalue weighted by Gasteiger charge is 2.34. The van der Waals surface area contributed by atoms with Crippen LogP contribution in [0.4, 0.5) is 0 Å². The number of rotatable bonds is 3. The Bertz CT molecular complexity index is 979. The summed E-state index contributed by atoms with van der Waals surface area (Å²) >= 11 is 0. The highest BCUT2D eigenvalue weighted by atomic mass is 16.6. The Balaban J connectivity index is 1.36. The van der Waals surface area contributed by atoms with Crippen molar-refractivity contribution in [2.24, 2.45) is 0 Å². The molecule has 2 aliphatic rings. The van der Waals surface area contributed by atoms with E-state index in [0.29, 0.717) is 37.7 Å². The lowest BCUT2D eigenvalue weighted by Crippen LogP contribution is -2.55. The standard InChI is InChI=1S/C20H20N2O7/c1-26-17-11-28-16(10-13(17)23)19(24)21-6-8-22(9-7-21)20(25)18-12-27-14-4-2-3-5-15(14)29-18/h2-5,10-11,18H,6-9,12H2,1H3/t18-/m0/s1. The van der Waals surface area contributed by atoms with Gasteiger partial charge in [0.05, 0.1) is 7.11 Å². The monoisotopic (exact) mass is 400 g/mol. The highest BCUT2D eigenvalue weighted by Crippen LogP contribution is 2.31. The van der Waals surface area contributed by atoms with E-state index in [1.165, 1.54) is 7.11 Å². The highest BCUT2D eigenvalue weighted by molar-refractivity contribution is 5.91. The molecule has 3 heterocycles. The second-order valence-electron chi connectivity index (χ2n) is 6.66. The maximum absolute atomic E-state index is 12.8. The van der Waals surface area contributed by atoms with Gasteiger partial charge in [0.1, 0.15) is 12.9 Å². The van der Waals surface area contributed by atoms with Gasteiger partial charge in [-0.25, -0.2) is 0 Å². The van der Waals surface area contributed by atoms with Gasteiger partial charge < -0.3 is 28.4 Å². The van der Waals surface area contributed by atoms with Gasteiger partial charge in [0, 0.05) is 32.2 Å². The normalized spacial score (nSPS) is 18.3. The molecule has 2 amide bonds. The number of para-hydroxylation sites is 2. The van der Waals surface area contributed by atoms with Crippen LogP contribution in [0, 0.1) is 0 Å². The lowest BCUT2D eigenvalue weighted by molar-refractivity contribution is -0.142. The first-order chi connectivity index (χ1) is 14.1. The minimum atomic E-state index is -0.716. The average Bonchev–Trinajstić information content (AvgIpc) is 2.77. The van der Waals surface area contributed by atoms with Crippen LogP contribution in [0.3, 0.4) is 0 Å². The number of methoxy groups -OCH3 is 1. The van der Waals surface area contributed by atoms with Crippen molar-refractivity contribution in [3.8, 4) is 17.2 Å². The van der Waals surface area contributed by atoms with E-state index in [9.17, 15) is 14.4 Å². The minimum Gasteiger partial charge on any atom is -0.490 e. The molecule has 152 valence electrons. The van der Waals surface area contributed by atoms with Gasteiger partial charge in [0.25, 0.3) is 11.8 Å². The molecule has 2 aromatic rings. The van der Waals surface area contributed by atoms with E-state index in [0.717, 1.165) is 12.3 Å². The molecule has 29 heavy (non-hydrogen) atoms. The first-order valence-electron chi connectivity index (χ1n) is 9.20. The molecule has 0 unspecified atom stereocenters. The van der Waals surface area contributed by atoms with E-state index in [2.05, 4.69) is 0 Å².